The number of hydrogen-bond acceptors (Lipinski definition) is 3. The van der Waals surface area contributed by atoms with Crippen molar-refractivity contribution in [3.8, 4) is 5.75 Å². The second-order valence-electron chi connectivity index (χ2n) is 6.26. The summed E-state index contributed by atoms with van der Waals surface area (Å²) in [5.74, 6) is 2.46. The molecule has 1 aromatic rings. The van der Waals surface area contributed by atoms with Gasteiger partial charge in [-0.2, -0.15) is 0 Å². The van der Waals surface area contributed by atoms with Crippen LogP contribution in [0.1, 0.15) is 37.8 Å². The van der Waals surface area contributed by atoms with Crippen molar-refractivity contribution >= 4 is 17.2 Å². The Morgan fingerprint density at radius 3 is 2.57 bits per heavy atom. The number of nitrogens with zero attached hydrogens (tertiary/aromatic N) is 1. The standard InChI is InChI=1S/C17H26N2OS/c1-12(2)14-6-8-19(9-7-14)11-13-4-5-15(17(18)21)16(10-13)20-3/h4-5,10,12,14H,6-9,11H2,1-3H3,(H2,18,21). The quantitative estimate of drug-likeness (QED) is 0.848. The van der Waals surface area contributed by atoms with E-state index in [9.17, 15) is 0 Å². The molecule has 1 aromatic carbocycles. The number of likely N-dealkylation sites (tertiary alicyclic amines) is 1. The first-order valence-corrected chi connectivity index (χ1v) is 8.11. The summed E-state index contributed by atoms with van der Waals surface area (Å²) in [6.45, 7) is 8.00. The monoisotopic (exact) mass is 306 g/mol. The molecule has 0 saturated carbocycles. The van der Waals surface area contributed by atoms with Crippen LogP contribution in [0.3, 0.4) is 0 Å². The average Bonchev–Trinajstić information content (AvgIpc) is 2.47. The number of benzene rings is 1. The predicted octanol–water partition coefficient (Wildman–Crippen LogP) is 3.20. The maximum absolute atomic E-state index is 5.71. The van der Waals surface area contributed by atoms with E-state index in [1.165, 1.54) is 31.5 Å². The minimum absolute atomic E-state index is 0.385. The van der Waals surface area contributed by atoms with E-state index in [4.69, 9.17) is 22.7 Å². The minimum Gasteiger partial charge on any atom is -0.496 e. The third-order valence-electron chi connectivity index (χ3n) is 4.51. The largest absolute Gasteiger partial charge is 0.496 e. The van der Waals surface area contributed by atoms with E-state index >= 15 is 0 Å². The van der Waals surface area contributed by atoms with Gasteiger partial charge in [0.2, 0.25) is 0 Å². The summed E-state index contributed by atoms with van der Waals surface area (Å²) in [6.07, 6.45) is 2.61. The van der Waals surface area contributed by atoms with Gasteiger partial charge >= 0.3 is 0 Å². The van der Waals surface area contributed by atoms with Crippen molar-refractivity contribution in [2.24, 2.45) is 17.6 Å². The molecule has 21 heavy (non-hydrogen) atoms. The van der Waals surface area contributed by atoms with Gasteiger partial charge < -0.3 is 10.5 Å². The van der Waals surface area contributed by atoms with E-state index in [0.717, 1.165) is 29.7 Å². The lowest BCUT2D eigenvalue weighted by molar-refractivity contribution is 0.152. The smallest absolute Gasteiger partial charge is 0.129 e. The minimum atomic E-state index is 0.385. The van der Waals surface area contributed by atoms with Crippen LogP contribution in [0.5, 0.6) is 5.75 Å². The Bertz CT molecular complexity index is 494. The Labute approximate surface area is 133 Å². The fraction of sp³-hybridized carbons (Fsp3) is 0.588. The van der Waals surface area contributed by atoms with E-state index in [1.54, 1.807) is 7.11 Å². The van der Waals surface area contributed by atoms with Crippen LogP contribution < -0.4 is 10.5 Å². The Balaban J connectivity index is 1.99. The Morgan fingerprint density at radius 1 is 1.38 bits per heavy atom. The lowest BCUT2D eigenvalue weighted by atomic mass is 9.86. The zero-order valence-electron chi connectivity index (χ0n) is 13.3. The fourth-order valence-corrected chi connectivity index (χ4v) is 3.24. The van der Waals surface area contributed by atoms with Gasteiger partial charge in [-0.05, 0) is 55.5 Å². The van der Waals surface area contributed by atoms with Gasteiger partial charge in [0.05, 0.1) is 12.7 Å². The molecule has 0 aliphatic carbocycles. The first-order valence-electron chi connectivity index (χ1n) is 7.70. The zero-order chi connectivity index (χ0) is 15.4. The number of hydrogen-bond donors (Lipinski definition) is 1. The van der Waals surface area contributed by atoms with E-state index in [0.29, 0.717) is 4.99 Å². The summed E-state index contributed by atoms with van der Waals surface area (Å²) >= 11 is 5.05. The zero-order valence-corrected chi connectivity index (χ0v) is 14.1. The van der Waals surface area contributed by atoms with E-state index < -0.39 is 0 Å². The molecule has 0 bridgehead atoms. The SMILES string of the molecule is COc1cc(CN2CCC(C(C)C)CC2)ccc1C(N)=S. The van der Waals surface area contributed by atoms with Gasteiger partial charge in [-0.25, -0.2) is 0 Å². The number of nitrogens with two attached hydrogens (primary N) is 1. The van der Waals surface area contributed by atoms with Gasteiger partial charge in [0.1, 0.15) is 10.7 Å². The summed E-state index contributed by atoms with van der Waals surface area (Å²) in [6, 6.07) is 6.13. The highest BCUT2D eigenvalue weighted by Crippen LogP contribution is 2.26. The van der Waals surface area contributed by atoms with Gasteiger partial charge in [0, 0.05) is 6.54 Å². The third-order valence-corrected chi connectivity index (χ3v) is 4.73. The van der Waals surface area contributed by atoms with Crippen LogP contribution in [0.25, 0.3) is 0 Å². The second kappa shape index (κ2) is 7.23. The van der Waals surface area contributed by atoms with Crippen molar-refractivity contribution in [2.45, 2.75) is 33.2 Å². The summed E-state index contributed by atoms with van der Waals surface area (Å²) in [7, 11) is 1.66. The van der Waals surface area contributed by atoms with Crippen LogP contribution in [-0.2, 0) is 6.54 Å². The van der Waals surface area contributed by atoms with Gasteiger partial charge in [-0.1, -0.05) is 32.1 Å². The van der Waals surface area contributed by atoms with Crippen molar-refractivity contribution in [2.75, 3.05) is 20.2 Å². The summed E-state index contributed by atoms with van der Waals surface area (Å²) < 4.78 is 5.40. The number of rotatable bonds is 5. The molecule has 0 radical (unpaired) electrons. The van der Waals surface area contributed by atoms with Gasteiger partial charge in [0.15, 0.2) is 0 Å². The summed E-state index contributed by atoms with van der Waals surface area (Å²) in [5, 5.41) is 0. The molecule has 0 spiro atoms. The Kier molecular flexibility index (Phi) is 5.59. The highest BCUT2D eigenvalue weighted by atomic mass is 32.1. The van der Waals surface area contributed by atoms with Crippen LogP contribution in [0.2, 0.25) is 0 Å². The maximum atomic E-state index is 5.71. The van der Waals surface area contributed by atoms with Crippen LogP contribution >= 0.6 is 12.2 Å². The molecule has 1 aliphatic rings. The van der Waals surface area contributed by atoms with Crippen molar-refractivity contribution in [3.05, 3.63) is 29.3 Å². The highest BCUT2D eigenvalue weighted by Gasteiger charge is 2.21. The van der Waals surface area contributed by atoms with Crippen LogP contribution in [0.15, 0.2) is 18.2 Å². The number of methoxy groups -OCH3 is 1. The molecule has 1 fully saturated rings. The lowest BCUT2D eigenvalue weighted by Crippen LogP contribution is -2.34. The van der Waals surface area contributed by atoms with E-state index in [-0.39, 0.29) is 0 Å². The normalized spacial score (nSPS) is 17.1. The Hall–Kier alpha value is -1.13. The molecular weight excluding hydrogens is 280 g/mol. The first kappa shape index (κ1) is 16.2. The van der Waals surface area contributed by atoms with Gasteiger partial charge in [-0.3, -0.25) is 4.90 Å². The van der Waals surface area contributed by atoms with Crippen LogP contribution in [-0.4, -0.2) is 30.1 Å². The maximum Gasteiger partial charge on any atom is 0.129 e. The topological polar surface area (TPSA) is 38.5 Å². The second-order valence-corrected chi connectivity index (χ2v) is 6.70. The molecule has 1 aliphatic heterocycles. The van der Waals surface area contributed by atoms with Crippen molar-refractivity contribution in [3.63, 3.8) is 0 Å². The molecule has 1 saturated heterocycles. The summed E-state index contributed by atoms with van der Waals surface area (Å²) in [5.41, 5.74) is 7.78. The van der Waals surface area contributed by atoms with Crippen LogP contribution in [0.4, 0.5) is 0 Å². The highest BCUT2D eigenvalue weighted by molar-refractivity contribution is 7.80. The molecule has 0 atom stereocenters. The van der Waals surface area contributed by atoms with E-state index in [2.05, 4.69) is 30.9 Å². The van der Waals surface area contributed by atoms with Crippen molar-refractivity contribution in [1.82, 2.24) is 4.90 Å². The van der Waals surface area contributed by atoms with Gasteiger partial charge in [0.25, 0.3) is 0 Å². The average molecular weight is 306 g/mol. The van der Waals surface area contributed by atoms with Gasteiger partial charge in [-0.15, -0.1) is 0 Å². The number of piperidine rings is 1. The lowest BCUT2D eigenvalue weighted by Gasteiger charge is -2.33. The number of thiocarbonyl (C=S) groups is 1. The fourth-order valence-electron chi connectivity index (χ4n) is 3.07. The molecular formula is C17H26N2OS. The molecule has 0 aromatic heterocycles. The molecule has 3 nitrogen and oxygen atoms in total. The third kappa shape index (κ3) is 4.17. The molecule has 116 valence electrons. The van der Waals surface area contributed by atoms with Crippen molar-refractivity contribution < 1.29 is 4.74 Å². The molecule has 0 unspecified atom stereocenters. The van der Waals surface area contributed by atoms with Crippen LogP contribution in [0, 0.1) is 11.8 Å². The predicted molar refractivity (Wildman–Crippen MR) is 91.7 cm³/mol. The molecule has 2 N–H and O–H groups in total. The molecule has 4 heteroatoms. The van der Waals surface area contributed by atoms with E-state index in [1.807, 2.05) is 6.07 Å². The van der Waals surface area contributed by atoms with Crippen molar-refractivity contribution in [1.29, 1.82) is 0 Å². The first-order chi connectivity index (χ1) is 10.0. The number of ether oxygens (including phenoxy) is 1. The summed E-state index contributed by atoms with van der Waals surface area (Å²) in [4.78, 5) is 2.91. The Morgan fingerprint density at radius 2 is 2.05 bits per heavy atom. The molecule has 2 rings (SSSR count). The molecule has 1 heterocycles. The molecule has 0 amide bonds.